The highest BCUT2D eigenvalue weighted by atomic mass is 19.1. The number of nitrogens with zero attached hydrogens (tertiary/aromatic N) is 2. The molecule has 0 spiro atoms. The van der Waals surface area contributed by atoms with Crippen LogP contribution in [0.3, 0.4) is 0 Å². The van der Waals surface area contributed by atoms with Crippen molar-refractivity contribution in [1.29, 1.82) is 0 Å². The Balaban J connectivity index is 2.22. The molecule has 0 aromatic carbocycles. The monoisotopic (exact) mass is 282 g/mol. The van der Waals surface area contributed by atoms with Gasteiger partial charge in [-0.15, -0.1) is 0 Å². The van der Waals surface area contributed by atoms with E-state index in [4.69, 9.17) is 4.42 Å². The third kappa shape index (κ3) is 3.04. The Hall–Kier alpha value is -2.18. The van der Waals surface area contributed by atoms with Crippen LogP contribution in [0.25, 0.3) is 0 Å². The first-order valence-corrected chi connectivity index (χ1v) is 6.30. The van der Waals surface area contributed by atoms with Gasteiger partial charge in [0.15, 0.2) is 23.3 Å². The molecule has 0 amide bonds. The van der Waals surface area contributed by atoms with Gasteiger partial charge in [0.2, 0.25) is 5.89 Å². The van der Waals surface area contributed by atoms with Crippen LogP contribution in [0.1, 0.15) is 31.5 Å². The first kappa shape index (κ1) is 14.2. The predicted molar refractivity (Wildman–Crippen MR) is 71.6 cm³/mol. The molecule has 20 heavy (non-hydrogen) atoms. The summed E-state index contributed by atoms with van der Waals surface area (Å²) < 4.78 is 32.5. The van der Waals surface area contributed by atoms with Crippen molar-refractivity contribution < 1.29 is 13.2 Å². The molecule has 2 rings (SSSR count). The number of aromatic nitrogens is 2. The van der Waals surface area contributed by atoms with Gasteiger partial charge in [0.25, 0.3) is 0 Å². The fourth-order valence-corrected chi connectivity index (χ4v) is 1.70. The molecule has 2 N–H and O–H groups in total. The van der Waals surface area contributed by atoms with Crippen LogP contribution in [0.2, 0.25) is 0 Å². The van der Waals surface area contributed by atoms with Crippen molar-refractivity contribution >= 4 is 11.6 Å². The third-order valence-electron chi connectivity index (χ3n) is 2.64. The molecular weight excluding hydrogens is 266 g/mol. The lowest BCUT2D eigenvalue weighted by Gasteiger charge is -2.13. The standard InChI is InChI=1S/C13H16F2N4O/c1-4-16-11-9(14)5-10(15)12(19-11)18-8(3)13-17-6-7(2)20-13/h5-6,8H,4H2,1-3H3,(H2,16,18,19). The van der Waals surface area contributed by atoms with Crippen LogP contribution < -0.4 is 10.6 Å². The lowest BCUT2D eigenvalue weighted by Crippen LogP contribution is -2.12. The quantitative estimate of drug-likeness (QED) is 0.881. The highest BCUT2D eigenvalue weighted by molar-refractivity contribution is 5.48. The van der Waals surface area contributed by atoms with E-state index in [0.29, 0.717) is 18.2 Å². The lowest BCUT2D eigenvalue weighted by molar-refractivity contribution is 0.452. The zero-order valence-electron chi connectivity index (χ0n) is 11.5. The third-order valence-corrected chi connectivity index (χ3v) is 2.64. The van der Waals surface area contributed by atoms with Crippen molar-refractivity contribution in [3.05, 3.63) is 35.5 Å². The number of aryl methyl sites for hydroxylation is 1. The molecule has 2 aromatic rings. The van der Waals surface area contributed by atoms with E-state index in [0.717, 1.165) is 6.07 Å². The lowest BCUT2D eigenvalue weighted by atomic mass is 10.3. The molecule has 1 atom stereocenters. The van der Waals surface area contributed by atoms with E-state index in [-0.39, 0.29) is 17.7 Å². The van der Waals surface area contributed by atoms with E-state index < -0.39 is 11.6 Å². The molecule has 1 unspecified atom stereocenters. The molecule has 0 aliphatic carbocycles. The second kappa shape index (κ2) is 5.85. The molecule has 2 aromatic heterocycles. The Labute approximate surface area is 115 Å². The van der Waals surface area contributed by atoms with Crippen molar-refractivity contribution in [2.24, 2.45) is 0 Å². The average molecular weight is 282 g/mol. The summed E-state index contributed by atoms with van der Waals surface area (Å²) in [5.74, 6) is -0.459. The minimum absolute atomic E-state index is 0.00665. The summed E-state index contributed by atoms with van der Waals surface area (Å²) in [6, 6.07) is 0.409. The molecule has 0 bridgehead atoms. The Morgan fingerprint density at radius 1 is 1.30 bits per heavy atom. The topological polar surface area (TPSA) is 63.0 Å². The molecule has 0 aliphatic rings. The molecule has 0 saturated heterocycles. The van der Waals surface area contributed by atoms with Crippen molar-refractivity contribution in [2.45, 2.75) is 26.8 Å². The van der Waals surface area contributed by atoms with Crippen LogP contribution in [0.4, 0.5) is 20.4 Å². The number of pyridine rings is 1. The number of hydrogen-bond acceptors (Lipinski definition) is 5. The SMILES string of the molecule is CCNc1nc(NC(C)c2ncc(C)o2)c(F)cc1F. The van der Waals surface area contributed by atoms with Crippen LogP contribution in [0.15, 0.2) is 16.7 Å². The van der Waals surface area contributed by atoms with Crippen molar-refractivity contribution in [1.82, 2.24) is 9.97 Å². The van der Waals surface area contributed by atoms with Gasteiger partial charge in [-0.25, -0.2) is 18.7 Å². The second-order valence-electron chi connectivity index (χ2n) is 4.35. The molecular formula is C13H16F2N4O. The summed E-state index contributed by atoms with van der Waals surface area (Å²) in [5, 5.41) is 5.55. The van der Waals surface area contributed by atoms with E-state index in [1.54, 1.807) is 27.0 Å². The Morgan fingerprint density at radius 3 is 2.60 bits per heavy atom. The zero-order chi connectivity index (χ0) is 14.7. The van der Waals surface area contributed by atoms with Gasteiger partial charge in [0.05, 0.1) is 6.20 Å². The normalized spacial score (nSPS) is 12.2. The Kier molecular flexibility index (Phi) is 4.16. The summed E-state index contributed by atoms with van der Waals surface area (Å²) >= 11 is 0. The van der Waals surface area contributed by atoms with E-state index in [2.05, 4.69) is 20.6 Å². The fraction of sp³-hybridized carbons (Fsp3) is 0.385. The van der Waals surface area contributed by atoms with Crippen molar-refractivity contribution in [2.75, 3.05) is 17.2 Å². The van der Waals surface area contributed by atoms with E-state index in [9.17, 15) is 8.78 Å². The minimum Gasteiger partial charge on any atom is -0.444 e. The van der Waals surface area contributed by atoms with Gasteiger partial charge in [-0.1, -0.05) is 0 Å². The number of hydrogen-bond donors (Lipinski definition) is 2. The fourth-order valence-electron chi connectivity index (χ4n) is 1.70. The zero-order valence-corrected chi connectivity index (χ0v) is 11.5. The van der Waals surface area contributed by atoms with Crippen LogP contribution in [0.5, 0.6) is 0 Å². The van der Waals surface area contributed by atoms with Gasteiger partial charge >= 0.3 is 0 Å². The molecule has 0 aliphatic heterocycles. The molecule has 108 valence electrons. The van der Waals surface area contributed by atoms with Gasteiger partial charge in [-0.05, 0) is 20.8 Å². The summed E-state index contributed by atoms with van der Waals surface area (Å²) in [6.07, 6.45) is 1.58. The largest absolute Gasteiger partial charge is 0.444 e. The maximum Gasteiger partial charge on any atom is 0.216 e. The van der Waals surface area contributed by atoms with Crippen LogP contribution in [0, 0.1) is 18.6 Å². The van der Waals surface area contributed by atoms with E-state index in [1.807, 2.05) is 0 Å². The summed E-state index contributed by atoms with van der Waals surface area (Å²) in [4.78, 5) is 7.94. The molecule has 0 saturated carbocycles. The van der Waals surface area contributed by atoms with Gasteiger partial charge in [0.1, 0.15) is 11.8 Å². The highest BCUT2D eigenvalue weighted by Gasteiger charge is 2.16. The van der Waals surface area contributed by atoms with Crippen LogP contribution in [-0.2, 0) is 0 Å². The first-order chi connectivity index (χ1) is 9.51. The number of oxazole rings is 1. The second-order valence-corrected chi connectivity index (χ2v) is 4.35. The predicted octanol–water partition coefficient (Wildman–Crippen LogP) is 3.26. The Morgan fingerprint density at radius 2 is 2.00 bits per heavy atom. The van der Waals surface area contributed by atoms with E-state index >= 15 is 0 Å². The molecule has 2 heterocycles. The van der Waals surface area contributed by atoms with Crippen LogP contribution >= 0.6 is 0 Å². The van der Waals surface area contributed by atoms with Gasteiger partial charge in [-0.3, -0.25) is 0 Å². The molecule has 7 heteroatoms. The number of rotatable bonds is 5. The molecule has 0 radical (unpaired) electrons. The molecule has 0 fully saturated rings. The summed E-state index contributed by atoms with van der Waals surface area (Å²) in [5.41, 5.74) is 0. The number of nitrogens with one attached hydrogen (secondary N) is 2. The van der Waals surface area contributed by atoms with E-state index in [1.165, 1.54) is 0 Å². The van der Waals surface area contributed by atoms with Crippen molar-refractivity contribution in [3.8, 4) is 0 Å². The van der Waals surface area contributed by atoms with Crippen molar-refractivity contribution in [3.63, 3.8) is 0 Å². The average Bonchev–Trinajstić information content (AvgIpc) is 2.82. The maximum absolute atomic E-state index is 13.7. The smallest absolute Gasteiger partial charge is 0.216 e. The van der Waals surface area contributed by atoms with Gasteiger partial charge in [0, 0.05) is 12.6 Å². The van der Waals surface area contributed by atoms with Gasteiger partial charge < -0.3 is 15.1 Å². The summed E-state index contributed by atoms with van der Waals surface area (Å²) in [6.45, 7) is 5.81. The van der Waals surface area contributed by atoms with Crippen LogP contribution in [-0.4, -0.2) is 16.5 Å². The maximum atomic E-state index is 13.7. The Bertz CT molecular complexity index is 600. The first-order valence-electron chi connectivity index (χ1n) is 6.30. The highest BCUT2D eigenvalue weighted by Crippen LogP contribution is 2.23. The minimum atomic E-state index is -0.765. The van der Waals surface area contributed by atoms with Gasteiger partial charge in [-0.2, -0.15) is 0 Å². The summed E-state index contributed by atoms with van der Waals surface area (Å²) in [7, 11) is 0. The number of halogens is 2. The number of anilines is 2. The molecule has 5 nitrogen and oxygen atoms in total.